The van der Waals surface area contributed by atoms with Crippen LogP contribution in [0.4, 0.5) is 13.2 Å². The van der Waals surface area contributed by atoms with Gasteiger partial charge in [0.05, 0.1) is 11.4 Å². The summed E-state index contributed by atoms with van der Waals surface area (Å²) in [5.41, 5.74) is 2.71. The topological polar surface area (TPSA) is 52.1 Å². The number of pyridine rings is 2. The van der Waals surface area contributed by atoms with E-state index in [9.17, 15) is 18.0 Å². The maximum Gasteiger partial charge on any atom is 0.573 e. The zero-order valence-corrected chi connectivity index (χ0v) is 14.7. The Morgan fingerprint density at radius 3 is 2.30 bits per heavy atom. The molecule has 0 unspecified atom stereocenters. The van der Waals surface area contributed by atoms with Gasteiger partial charge in [-0.05, 0) is 55.8 Å². The van der Waals surface area contributed by atoms with E-state index in [-0.39, 0.29) is 11.5 Å². The standard InChI is InChI=1S/C12H10N2O.C8H7F3O/c1-9(15)10-5-4-8-14-12(10)11-6-2-3-7-13-11;1-6-3-2-4-7(5-6)12-8(9,10)11/h2-8H,1H3;2-5H,1H3. The quantitative estimate of drug-likeness (QED) is 0.589. The smallest absolute Gasteiger partial charge is 0.406 e. The molecule has 0 amide bonds. The number of hydrogen-bond acceptors (Lipinski definition) is 4. The highest BCUT2D eigenvalue weighted by Crippen LogP contribution is 2.22. The van der Waals surface area contributed by atoms with Crippen molar-refractivity contribution in [3.8, 4) is 17.1 Å². The molecule has 140 valence electrons. The van der Waals surface area contributed by atoms with Crippen LogP contribution in [0.2, 0.25) is 0 Å². The van der Waals surface area contributed by atoms with E-state index >= 15 is 0 Å². The summed E-state index contributed by atoms with van der Waals surface area (Å²) in [5, 5.41) is 0. The molecule has 0 bridgehead atoms. The molecule has 27 heavy (non-hydrogen) atoms. The predicted octanol–water partition coefficient (Wildman–Crippen LogP) is 5.24. The number of ketones is 1. The monoisotopic (exact) mass is 374 g/mol. The lowest BCUT2D eigenvalue weighted by molar-refractivity contribution is -0.274. The summed E-state index contributed by atoms with van der Waals surface area (Å²) < 4.78 is 38.6. The number of rotatable bonds is 3. The third-order valence-electron chi connectivity index (χ3n) is 3.32. The molecular weight excluding hydrogens is 357 g/mol. The van der Waals surface area contributed by atoms with E-state index in [0.29, 0.717) is 11.3 Å². The average Bonchev–Trinajstić information content (AvgIpc) is 2.61. The SMILES string of the molecule is CC(=O)c1cccnc1-c1ccccn1.Cc1cccc(OC(F)(F)F)c1. The van der Waals surface area contributed by atoms with Crippen molar-refractivity contribution in [3.05, 3.63) is 78.1 Å². The van der Waals surface area contributed by atoms with E-state index in [1.807, 2.05) is 18.2 Å². The van der Waals surface area contributed by atoms with Gasteiger partial charge < -0.3 is 4.74 Å². The first-order valence-electron chi connectivity index (χ1n) is 7.96. The summed E-state index contributed by atoms with van der Waals surface area (Å²) in [6, 6.07) is 14.9. The summed E-state index contributed by atoms with van der Waals surface area (Å²) in [4.78, 5) is 19.7. The fraction of sp³-hybridized carbons (Fsp3) is 0.150. The second-order valence-corrected chi connectivity index (χ2v) is 5.54. The van der Waals surface area contributed by atoms with E-state index in [4.69, 9.17) is 0 Å². The molecule has 0 fully saturated rings. The highest BCUT2D eigenvalue weighted by atomic mass is 19.4. The fourth-order valence-corrected chi connectivity index (χ4v) is 2.21. The van der Waals surface area contributed by atoms with Gasteiger partial charge in [0, 0.05) is 18.0 Å². The number of aromatic nitrogens is 2. The molecule has 0 atom stereocenters. The van der Waals surface area contributed by atoms with E-state index < -0.39 is 6.36 Å². The number of hydrogen-bond donors (Lipinski definition) is 0. The molecular formula is C20H17F3N2O2. The van der Waals surface area contributed by atoms with Crippen molar-refractivity contribution in [1.29, 1.82) is 0 Å². The zero-order chi connectivity index (χ0) is 19.9. The Bertz CT molecular complexity index is 897. The van der Waals surface area contributed by atoms with Crippen LogP contribution in [0.25, 0.3) is 11.4 Å². The molecule has 0 N–H and O–H groups in total. The number of carbonyl (C=O) groups is 1. The minimum absolute atomic E-state index is 0.00348. The van der Waals surface area contributed by atoms with Crippen LogP contribution in [0.15, 0.2) is 67.0 Å². The molecule has 7 heteroatoms. The summed E-state index contributed by atoms with van der Waals surface area (Å²) in [5.74, 6) is -0.175. The van der Waals surface area contributed by atoms with Crippen molar-refractivity contribution in [3.63, 3.8) is 0 Å². The van der Waals surface area contributed by atoms with Crippen molar-refractivity contribution in [2.24, 2.45) is 0 Å². The van der Waals surface area contributed by atoms with Gasteiger partial charge in [-0.25, -0.2) is 0 Å². The van der Waals surface area contributed by atoms with E-state index in [2.05, 4.69) is 14.7 Å². The van der Waals surface area contributed by atoms with Crippen LogP contribution in [0.1, 0.15) is 22.8 Å². The van der Waals surface area contributed by atoms with E-state index in [1.165, 1.54) is 25.1 Å². The van der Waals surface area contributed by atoms with Crippen molar-refractivity contribution in [1.82, 2.24) is 9.97 Å². The van der Waals surface area contributed by atoms with Gasteiger partial charge in [0.25, 0.3) is 0 Å². The number of aryl methyl sites for hydroxylation is 1. The molecule has 3 rings (SSSR count). The van der Waals surface area contributed by atoms with Crippen LogP contribution in [-0.4, -0.2) is 22.1 Å². The fourth-order valence-electron chi connectivity index (χ4n) is 2.21. The van der Waals surface area contributed by atoms with Gasteiger partial charge in [-0.1, -0.05) is 18.2 Å². The van der Waals surface area contributed by atoms with Crippen LogP contribution in [-0.2, 0) is 0 Å². The first kappa shape index (κ1) is 20.1. The van der Waals surface area contributed by atoms with Crippen molar-refractivity contribution in [2.75, 3.05) is 0 Å². The lowest BCUT2D eigenvalue weighted by Gasteiger charge is -2.08. The van der Waals surface area contributed by atoms with Gasteiger partial charge in [-0.3, -0.25) is 14.8 Å². The first-order valence-corrected chi connectivity index (χ1v) is 7.96. The summed E-state index contributed by atoms with van der Waals surface area (Å²) in [6.07, 6.45) is -1.25. The highest BCUT2D eigenvalue weighted by Gasteiger charge is 2.30. The minimum atomic E-state index is -4.60. The molecule has 1 aromatic carbocycles. The molecule has 2 heterocycles. The number of ether oxygens (including phenoxy) is 1. The number of halogens is 3. The molecule has 0 aliphatic heterocycles. The minimum Gasteiger partial charge on any atom is -0.406 e. The van der Waals surface area contributed by atoms with Crippen LogP contribution >= 0.6 is 0 Å². The van der Waals surface area contributed by atoms with Gasteiger partial charge in [0.2, 0.25) is 0 Å². The van der Waals surface area contributed by atoms with Crippen LogP contribution < -0.4 is 4.74 Å². The maximum absolute atomic E-state index is 11.7. The second-order valence-electron chi connectivity index (χ2n) is 5.54. The molecule has 0 saturated carbocycles. The van der Waals surface area contributed by atoms with E-state index in [1.54, 1.807) is 37.5 Å². The number of nitrogens with zero attached hydrogens (tertiary/aromatic N) is 2. The maximum atomic E-state index is 11.7. The molecule has 3 aromatic rings. The van der Waals surface area contributed by atoms with Gasteiger partial charge in [-0.15, -0.1) is 13.2 Å². The Kier molecular flexibility index (Phi) is 6.65. The average molecular weight is 374 g/mol. The normalized spacial score (nSPS) is 10.6. The lowest BCUT2D eigenvalue weighted by Crippen LogP contribution is -2.17. The largest absolute Gasteiger partial charge is 0.573 e. The molecule has 0 aliphatic carbocycles. The highest BCUT2D eigenvalue weighted by molar-refractivity contribution is 5.99. The summed E-state index contributed by atoms with van der Waals surface area (Å²) in [6.45, 7) is 3.23. The Labute approximate surface area is 154 Å². The molecule has 0 aliphatic rings. The summed E-state index contributed by atoms with van der Waals surface area (Å²) >= 11 is 0. The Hall–Kier alpha value is -3.22. The lowest BCUT2D eigenvalue weighted by atomic mass is 10.1. The van der Waals surface area contributed by atoms with E-state index in [0.717, 1.165) is 11.3 Å². The number of alkyl halides is 3. The van der Waals surface area contributed by atoms with Crippen LogP contribution in [0.5, 0.6) is 5.75 Å². The van der Waals surface area contributed by atoms with Crippen molar-refractivity contribution >= 4 is 5.78 Å². The molecule has 0 spiro atoms. The number of benzene rings is 1. The Morgan fingerprint density at radius 1 is 0.963 bits per heavy atom. The Balaban J connectivity index is 0.000000199. The number of carbonyl (C=O) groups excluding carboxylic acids is 1. The molecule has 0 saturated heterocycles. The summed E-state index contributed by atoms with van der Waals surface area (Å²) in [7, 11) is 0. The van der Waals surface area contributed by atoms with Crippen LogP contribution in [0, 0.1) is 6.92 Å². The number of Topliss-reactive ketones (excluding diaryl/α,β-unsaturated/α-hetero) is 1. The van der Waals surface area contributed by atoms with Crippen LogP contribution in [0.3, 0.4) is 0 Å². The predicted molar refractivity (Wildman–Crippen MR) is 95.3 cm³/mol. The van der Waals surface area contributed by atoms with Gasteiger partial charge in [0.1, 0.15) is 5.75 Å². The van der Waals surface area contributed by atoms with Gasteiger partial charge >= 0.3 is 6.36 Å². The first-order chi connectivity index (χ1) is 12.8. The third kappa shape index (κ3) is 6.54. The Morgan fingerprint density at radius 2 is 1.70 bits per heavy atom. The molecule has 0 radical (unpaired) electrons. The van der Waals surface area contributed by atoms with Crippen molar-refractivity contribution < 1.29 is 22.7 Å². The molecule has 2 aromatic heterocycles. The zero-order valence-electron chi connectivity index (χ0n) is 14.7. The second kappa shape index (κ2) is 8.93. The van der Waals surface area contributed by atoms with Gasteiger partial charge in [0.15, 0.2) is 5.78 Å². The third-order valence-corrected chi connectivity index (χ3v) is 3.32. The van der Waals surface area contributed by atoms with Gasteiger partial charge in [-0.2, -0.15) is 0 Å². The molecule has 4 nitrogen and oxygen atoms in total. The van der Waals surface area contributed by atoms with Crippen molar-refractivity contribution in [2.45, 2.75) is 20.2 Å².